The van der Waals surface area contributed by atoms with Crippen LogP contribution in [0.5, 0.6) is 5.75 Å². The Kier molecular flexibility index (Phi) is 6.21. The number of carbonyl (C=O) groups is 1. The number of Topliss-reactive ketones (excluding diaryl/α,β-unsaturated/α-hetero) is 1. The summed E-state index contributed by atoms with van der Waals surface area (Å²) in [5, 5.41) is -0.332. The summed E-state index contributed by atoms with van der Waals surface area (Å²) >= 11 is 5.96. The van der Waals surface area contributed by atoms with Crippen LogP contribution in [0.4, 0.5) is 13.2 Å². The van der Waals surface area contributed by atoms with Crippen molar-refractivity contribution in [2.24, 2.45) is 0 Å². The summed E-state index contributed by atoms with van der Waals surface area (Å²) in [6, 6.07) is 4.33. The second-order valence-corrected chi connectivity index (χ2v) is 8.16. The van der Waals surface area contributed by atoms with Crippen LogP contribution in [0.15, 0.2) is 35.5 Å². The summed E-state index contributed by atoms with van der Waals surface area (Å²) in [7, 11) is -2.56. The lowest BCUT2D eigenvalue weighted by Gasteiger charge is -2.16. The Morgan fingerprint density at radius 3 is 2.41 bits per heavy atom. The van der Waals surface area contributed by atoms with E-state index in [0.717, 1.165) is 10.9 Å². The lowest BCUT2D eigenvalue weighted by Crippen LogP contribution is -2.18. The van der Waals surface area contributed by atoms with Crippen molar-refractivity contribution >= 4 is 27.2 Å². The van der Waals surface area contributed by atoms with Crippen LogP contribution in [0, 0.1) is 0 Å². The van der Waals surface area contributed by atoms with Gasteiger partial charge in [0, 0.05) is 6.04 Å². The van der Waals surface area contributed by atoms with E-state index >= 15 is 0 Å². The number of ether oxygens (including phenoxy) is 1. The van der Waals surface area contributed by atoms with Crippen LogP contribution in [0.25, 0.3) is 0 Å². The van der Waals surface area contributed by atoms with Gasteiger partial charge in [0.2, 0.25) is 0 Å². The minimum atomic E-state index is -4.42. The van der Waals surface area contributed by atoms with E-state index in [1.165, 1.54) is 38.3 Å². The number of rotatable bonds is 7. The molecule has 0 radical (unpaired) electrons. The van der Waals surface area contributed by atoms with Gasteiger partial charge in [0.15, 0.2) is 15.6 Å². The molecule has 0 saturated carbocycles. The van der Waals surface area contributed by atoms with E-state index in [-0.39, 0.29) is 15.7 Å². The molecule has 0 fully saturated rings. The summed E-state index contributed by atoms with van der Waals surface area (Å²) < 4.78 is 68.2. The van der Waals surface area contributed by atoms with Crippen LogP contribution in [-0.2, 0) is 9.84 Å². The molecule has 0 aliphatic heterocycles. The molecule has 2 aromatic rings. The maximum absolute atomic E-state index is 12.5. The molecular formula is C16H16ClF3N2O4S. The molecule has 1 heterocycles. The predicted molar refractivity (Wildman–Crippen MR) is 92.0 cm³/mol. The molecule has 148 valence electrons. The molecule has 11 heteroatoms. The number of imidazole rings is 1. The van der Waals surface area contributed by atoms with Crippen LogP contribution >= 0.6 is 11.6 Å². The molecule has 0 aliphatic carbocycles. The Labute approximate surface area is 158 Å². The summed E-state index contributed by atoms with van der Waals surface area (Å²) in [6.07, 6.45) is -4.60. The SMILES string of the molecule is COc1ccc(S(=O)(=O)CC(=O)c2ncn(C(C)CC(F)(F)F)c2Cl)cc1. The highest BCUT2D eigenvalue weighted by atomic mass is 35.5. The molecule has 1 aromatic heterocycles. The molecule has 27 heavy (non-hydrogen) atoms. The lowest BCUT2D eigenvalue weighted by atomic mass is 10.2. The molecule has 0 amide bonds. The number of hydrogen-bond acceptors (Lipinski definition) is 5. The minimum absolute atomic E-state index is 0.0994. The van der Waals surface area contributed by atoms with E-state index in [2.05, 4.69) is 4.98 Å². The van der Waals surface area contributed by atoms with Gasteiger partial charge in [-0.05, 0) is 31.2 Å². The molecule has 0 bridgehead atoms. The number of aromatic nitrogens is 2. The quantitative estimate of drug-likeness (QED) is 0.633. The third-order valence-electron chi connectivity index (χ3n) is 3.74. The van der Waals surface area contributed by atoms with Crippen LogP contribution < -0.4 is 4.74 Å². The van der Waals surface area contributed by atoms with E-state index in [1.807, 2.05) is 0 Å². The van der Waals surface area contributed by atoms with Gasteiger partial charge < -0.3 is 9.30 Å². The van der Waals surface area contributed by atoms with Gasteiger partial charge in [0.25, 0.3) is 0 Å². The van der Waals surface area contributed by atoms with Gasteiger partial charge in [-0.3, -0.25) is 4.79 Å². The van der Waals surface area contributed by atoms with Gasteiger partial charge in [-0.25, -0.2) is 13.4 Å². The highest BCUT2D eigenvalue weighted by Gasteiger charge is 2.32. The van der Waals surface area contributed by atoms with Crippen LogP contribution in [-0.4, -0.2) is 42.8 Å². The number of ketones is 1. The lowest BCUT2D eigenvalue weighted by molar-refractivity contribution is -0.141. The number of nitrogens with zero attached hydrogens (tertiary/aromatic N) is 2. The first kappa shape index (κ1) is 21.2. The third kappa shape index (κ3) is 5.23. The normalized spacial score (nSPS) is 13.4. The van der Waals surface area contributed by atoms with Gasteiger partial charge in [-0.2, -0.15) is 13.2 Å². The predicted octanol–water partition coefficient (Wildman–Crippen LogP) is 3.72. The van der Waals surface area contributed by atoms with Crippen molar-refractivity contribution in [1.29, 1.82) is 0 Å². The Balaban J connectivity index is 2.20. The van der Waals surface area contributed by atoms with E-state index in [4.69, 9.17) is 16.3 Å². The molecular weight excluding hydrogens is 409 g/mol. The summed E-state index contributed by atoms with van der Waals surface area (Å²) in [5.74, 6) is -1.38. The molecule has 2 rings (SSSR count). The van der Waals surface area contributed by atoms with Gasteiger partial charge >= 0.3 is 6.18 Å². The molecule has 1 atom stereocenters. The van der Waals surface area contributed by atoms with Crippen LogP contribution in [0.3, 0.4) is 0 Å². The standard InChI is InChI=1S/C16H16ClF3N2O4S/c1-10(7-16(18,19)20)22-9-21-14(15(22)17)13(23)8-27(24,25)12-5-3-11(26-2)4-6-12/h3-6,9-10H,7-8H2,1-2H3. The zero-order chi connectivity index (χ0) is 20.4. The smallest absolute Gasteiger partial charge is 0.391 e. The maximum atomic E-state index is 12.5. The second-order valence-electron chi connectivity index (χ2n) is 5.82. The van der Waals surface area contributed by atoms with Gasteiger partial charge in [0.1, 0.15) is 22.3 Å². The Hall–Kier alpha value is -2.07. The van der Waals surface area contributed by atoms with Crippen molar-refractivity contribution in [3.63, 3.8) is 0 Å². The van der Waals surface area contributed by atoms with E-state index < -0.39 is 40.0 Å². The fourth-order valence-electron chi connectivity index (χ4n) is 2.38. The average Bonchev–Trinajstić information content (AvgIpc) is 2.95. The van der Waals surface area contributed by atoms with Crippen molar-refractivity contribution < 1.29 is 31.1 Å². The monoisotopic (exact) mass is 424 g/mol. The first-order valence-electron chi connectivity index (χ1n) is 7.63. The number of carbonyl (C=O) groups excluding carboxylic acids is 1. The summed E-state index contributed by atoms with van der Waals surface area (Å²) in [5.41, 5.74) is -0.386. The average molecular weight is 425 g/mol. The minimum Gasteiger partial charge on any atom is -0.497 e. The highest BCUT2D eigenvalue weighted by Crippen LogP contribution is 2.30. The van der Waals surface area contributed by atoms with E-state index in [9.17, 15) is 26.4 Å². The Morgan fingerprint density at radius 1 is 1.30 bits per heavy atom. The highest BCUT2D eigenvalue weighted by molar-refractivity contribution is 7.92. The fourth-order valence-corrected chi connectivity index (χ4v) is 3.94. The topological polar surface area (TPSA) is 78.3 Å². The third-order valence-corrected chi connectivity index (χ3v) is 5.75. The van der Waals surface area contributed by atoms with Crippen molar-refractivity contribution in [2.75, 3.05) is 12.9 Å². The largest absolute Gasteiger partial charge is 0.497 e. The molecule has 0 aliphatic rings. The van der Waals surface area contributed by atoms with Crippen molar-refractivity contribution in [3.8, 4) is 5.75 Å². The number of halogens is 4. The molecule has 1 unspecified atom stereocenters. The van der Waals surface area contributed by atoms with Gasteiger partial charge in [-0.15, -0.1) is 0 Å². The number of alkyl halides is 3. The molecule has 0 N–H and O–H groups in total. The van der Waals surface area contributed by atoms with Gasteiger partial charge in [0.05, 0.1) is 24.8 Å². The fraction of sp³-hybridized carbons (Fsp3) is 0.375. The number of sulfone groups is 1. The van der Waals surface area contributed by atoms with Crippen LogP contribution in [0.2, 0.25) is 5.15 Å². The van der Waals surface area contributed by atoms with Crippen molar-refractivity contribution in [2.45, 2.75) is 30.5 Å². The summed E-state index contributed by atoms with van der Waals surface area (Å²) in [4.78, 5) is 15.9. The molecule has 6 nitrogen and oxygen atoms in total. The molecule has 1 aromatic carbocycles. The number of methoxy groups -OCH3 is 1. The van der Waals surface area contributed by atoms with Crippen molar-refractivity contribution in [1.82, 2.24) is 9.55 Å². The second kappa shape index (κ2) is 7.89. The first-order chi connectivity index (χ1) is 12.4. The molecule has 0 spiro atoms. The number of hydrogen-bond donors (Lipinski definition) is 0. The zero-order valence-electron chi connectivity index (χ0n) is 14.3. The van der Waals surface area contributed by atoms with E-state index in [1.54, 1.807) is 0 Å². The Bertz CT molecular complexity index is 924. The van der Waals surface area contributed by atoms with Crippen LogP contribution in [0.1, 0.15) is 29.9 Å². The first-order valence-corrected chi connectivity index (χ1v) is 9.66. The number of benzene rings is 1. The maximum Gasteiger partial charge on any atom is 0.391 e. The van der Waals surface area contributed by atoms with Crippen molar-refractivity contribution in [3.05, 3.63) is 41.4 Å². The molecule has 0 saturated heterocycles. The van der Waals surface area contributed by atoms with E-state index in [0.29, 0.717) is 5.75 Å². The summed E-state index contributed by atoms with van der Waals surface area (Å²) in [6.45, 7) is 1.27. The van der Waals surface area contributed by atoms with Gasteiger partial charge in [-0.1, -0.05) is 11.6 Å². The zero-order valence-corrected chi connectivity index (χ0v) is 15.9. The Morgan fingerprint density at radius 2 is 1.89 bits per heavy atom.